The summed E-state index contributed by atoms with van der Waals surface area (Å²) in [6, 6.07) is 8.30. The smallest absolute Gasteiger partial charge is 0.0591 e. The van der Waals surface area contributed by atoms with Gasteiger partial charge in [0.15, 0.2) is 0 Å². The van der Waals surface area contributed by atoms with Gasteiger partial charge in [0.05, 0.1) is 13.2 Å². The maximum atomic E-state index is 5.39. The van der Waals surface area contributed by atoms with Gasteiger partial charge in [-0.3, -0.25) is 0 Å². The lowest BCUT2D eigenvalue weighted by Gasteiger charge is -2.05. The van der Waals surface area contributed by atoms with E-state index in [0.717, 1.165) is 37.2 Å². The van der Waals surface area contributed by atoms with Gasteiger partial charge >= 0.3 is 0 Å². The van der Waals surface area contributed by atoms with Crippen molar-refractivity contribution >= 4 is 15.9 Å². The minimum Gasteiger partial charge on any atom is -0.380 e. The monoisotopic (exact) mass is 283 g/mol. The van der Waals surface area contributed by atoms with Crippen LogP contribution in [-0.4, -0.2) is 19.8 Å². The number of ether oxygens (including phenoxy) is 1. The van der Waals surface area contributed by atoms with Crippen LogP contribution in [0.4, 0.5) is 0 Å². The summed E-state index contributed by atoms with van der Waals surface area (Å²) in [5.74, 6) is 0. The maximum Gasteiger partial charge on any atom is 0.0591 e. The highest BCUT2D eigenvalue weighted by atomic mass is 79.9. The van der Waals surface area contributed by atoms with Gasteiger partial charge in [-0.25, -0.2) is 0 Å². The molecule has 1 N–H and O–H groups in total. The zero-order valence-corrected chi connectivity index (χ0v) is 11.0. The summed E-state index contributed by atoms with van der Waals surface area (Å²) >= 11 is 3.45. The predicted molar refractivity (Wildman–Crippen MR) is 71.5 cm³/mol. The Morgan fingerprint density at radius 2 is 2.25 bits per heavy atom. The van der Waals surface area contributed by atoms with Crippen LogP contribution in [0.2, 0.25) is 0 Å². The molecular weight excluding hydrogens is 266 g/mol. The lowest BCUT2D eigenvalue weighted by Crippen LogP contribution is -2.19. The van der Waals surface area contributed by atoms with Gasteiger partial charge in [-0.15, -0.1) is 6.58 Å². The fourth-order valence-electron chi connectivity index (χ4n) is 1.29. The van der Waals surface area contributed by atoms with Crippen molar-refractivity contribution in [1.82, 2.24) is 5.32 Å². The molecule has 1 aromatic rings. The molecule has 0 bridgehead atoms. The molecule has 0 fully saturated rings. The molecule has 0 saturated heterocycles. The lowest BCUT2D eigenvalue weighted by molar-refractivity contribution is 0.140. The van der Waals surface area contributed by atoms with E-state index in [4.69, 9.17) is 4.74 Å². The van der Waals surface area contributed by atoms with Gasteiger partial charge in [0.25, 0.3) is 0 Å². The van der Waals surface area contributed by atoms with E-state index in [1.807, 2.05) is 18.2 Å². The van der Waals surface area contributed by atoms with Gasteiger partial charge in [-0.1, -0.05) is 34.1 Å². The first-order valence-electron chi connectivity index (χ1n) is 5.46. The molecule has 0 saturated carbocycles. The number of hydrogen-bond acceptors (Lipinski definition) is 2. The quantitative estimate of drug-likeness (QED) is 0.585. The topological polar surface area (TPSA) is 21.3 Å². The molecule has 0 aliphatic carbocycles. The van der Waals surface area contributed by atoms with Crippen LogP contribution in [0.1, 0.15) is 12.0 Å². The second-order valence-electron chi connectivity index (χ2n) is 3.50. The van der Waals surface area contributed by atoms with E-state index >= 15 is 0 Å². The van der Waals surface area contributed by atoms with Crippen molar-refractivity contribution in [2.75, 3.05) is 19.8 Å². The Hall–Kier alpha value is -0.640. The molecule has 1 rings (SSSR count). The molecule has 0 aliphatic rings. The van der Waals surface area contributed by atoms with Crippen molar-refractivity contribution in [2.45, 2.75) is 13.0 Å². The van der Waals surface area contributed by atoms with Gasteiger partial charge in [0, 0.05) is 17.6 Å². The van der Waals surface area contributed by atoms with E-state index < -0.39 is 0 Å². The van der Waals surface area contributed by atoms with Gasteiger partial charge in [-0.2, -0.15) is 0 Å². The number of hydrogen-bond donors (Lipinski definition) is 1. The van der Waals surface area contributed by atoms with Crippen LogP contribution in [-0.2, 0) is 11.3 Å². The van der Waals surface area contributed by atoms with Crippen LogP contribution >= 0.6 is 15.9 Å². The molecule has 1 aromatic carbocycles. The van der Waals surface area contributed by atoms with Gasteiger partial charge in [0.1, 0.15) is 0 Å². The number of rotatable bonds is 8. The lowest BCUT2D eigenvalue weighted by atomic mass is 10.2. The van der Waals surface area contributed by atoms with Gasteiger partial charge in [0.2, 0.25) is 0 Å². The third kappa shape index (κ3) is 6.05. The molecule has 0 amide bonds. The second kappa shape index (κ2) is 8.50. The summed E-state index contributed by atoms with van der Waals surface area (Å²) in [5, 5.41) is 3.33. The standard InChI is InChI=1S/C13H18BrNO/c1-2-3-8-16-9-7-15-11-12-5-4-6-13(14)10-12/h2,4-6,10,15H,1,3,7-9,11H2. The van der Waals surface area contributed by atoms with Crippen LogP contribution in [0.3, 0.4) is 0 Å². The molecule has 0 spiro atoms. The molecule has 3 heteroatoms. The number of benzene rings is 1. The summed E-state index contributed by atoms with van der Waals surface area (Å²) in [6.45, 7) is 6.92. The molecule has 0 atom stereocenters. The van der Waals surface area contributed by atoms with E-state index in [-0.39, 0.29) is 0 Å². The van der Waals surface area contributed by atoms with Crippen molar-refractivity contribution in [1.29, 1.82) is 0 Å². The highest BCUT2D eigenvalue weighted by Crippen LogP contribution is 2.10. The predicted octanol–water partition coefficient (Wildman–Crippen LogP) is 3.13. The highest BCUT2D eigenvalue weighted by molar-refractivity contribution is 9.10. The third-order valence-corrected chi connectivity index (χ3v) is 2.60. The maximum absolute atomic E-state index is 5.39. The van der Waals surface area contributed by atoms with E-state index in [9.17, 15) is 0 Å². The summed E-state index contributed by atoms with van der Waals surface area (Å²) in [4.78, 5) is 0. The first-order chi connectivity index (χ1) is 7.83. The van der Waals surface area contributed by atoms with Gasteiger partial charge in [-0.05, 0) is 24.1 Å². The zero-order valence-electron chi connectivity index (χ0n) is 9.42. The second-order valence-corrected chi connectivity index (χ2v) is 4.41. The third-order valence-electron chi connectivity index (χ3n) is 2.11. The molecule has 2 nitrogen and oxygen atoms in total. The van der Waals surface area contributed by atoms with Crippen LogP contribution in [0.25, 0.3) is 0 Å². The molecule has 88 valence electrons. The van der Waals surface area contributed by atoms with Crippen molar-refractivity contribution in [2.24, 2.45) is 0 Å². The Morgan fingerprint density at radius 3 is 3.00 bits per heavy atom. The van der Waals surface area contributed by atoms with E-state index in [2.05, 4.69) is 40.0 Å². The number of halogens is 1. The largest absolute Gasteiger partial charge is 0.380 e. The molecule has 0 unspecified atom stereocenters. The fraction of sp³-hybridized carbons (Fsp3) is 0.385. The Labute approximate surface area is 106 Å². The Kier molecular flexibility index (Phi) is 7.14. The van der Waals surface area contributed by atoms with E-state index in [1.54, 1.807) is 0 Å². The van der Waals surface area contributed by atoms with E-state index in [1.165, 1.54) is 5.56 Å². The summed E-state index contributed by atoms with van der Waals surface area (Å²) in [7, 11) is 0. The van der Waals surface area contributed by atoms with Crippen LogP contribution in [0, 0.1) is 0 Å². The Morgan fingerprint density at radius 1 is 1.38 bits per heavy atom. The molecule has 16 heavy (non-hydrogen) atoms. The minimum absolute atomic E-state index is 0.752. The van der Waals surface area contributed by atoms with Crippen LogP contribution < -0.4 is 5.32 Å². The molecule has 0 aromatic heterocycles. The van der Waals surface area contributed by atoms with Crippen LogP contribution in [0.15, 0.2) is 41.4 Å². The first-order valence-corrected chi connectivity index (χ1v) is 6.26. The van der Waals surface area contributed by atoms with E-state index in [0.29, 0.717) is 0 Å². The molecule has 0 aliphatic heterocycles. The normalized spacial score (nSPS) is 10.3. The Balaban J connectivity index is 2.05. The average molecular weight is 284 g/mol. The molecular formula is C13H18BrNO. The fourth-order valence-corrected chi connectivity index (χ4v) is 1.74. The molecule has 0 heterocycles. The highest BCUT2D eigenvalue weighted by Gasteiger charge is 1.93. The first kappa shape index (κ1) is 13.4. The van der Waals surface area contributed by atoms with Crippen molar-refractivity contribution in [3.05, 3.63) is 47.0 Å². The Bertz CT molecular complexity index is 315. The minimum atomic E-state index is 0.752. The van der Waals surface area contributed by atoms with Gasteiger partial charge < -0.3 is 10.1 Å². The summed E-state index contributed by atoms with van der Waals surface area (Å²) < 4.78 is 6.51. The average Bonchev–Trinajstić information content (AvgIpc) is 2.28. The number of nitrogens with one attached hydrogen (secondary N) is 1. The summed E-state index contributed by atoms with van der Waals surface area (Å²) in [5.41, 5.74) is 1.28. The van der Waals surface area contributed by atoms with Crippen molar-refractivity contribution in [3.8, 4) is 0 Å². The SMILES string of the molecule is C=CCCOCCNCc1cccc(Br)c1. The van der Waals surface area contributed by atoms with Crippen LogP contribution in [0.5, 0.6) is 0 Å². The van der Waals surface area contributed by atoms with Crippen molar-refractivity contribution < 1.29 is 4.74 Å². The molecule has 0 radical (unpaired) electrons. The van der Waals surface area contributed by atoms with Crippen molar-refractivity contribution in [3.63, 3.8) is 0 Å². The summed E-state index contributed by atoms with van der Waals surface area (Å²) in [6.07, 6.45) is 2.79. The zero-order chi connectivity index (χ0) is 11.6.